The Morgan fingerprint density at radius 2 is 1.88 bits per heavy atom. The Bertz CT molecular complexity index is 192. The Kier molecular flexibility index (Phi) is 12.2. The van der Waals surface area contributed by atoms with Crippen molar-refractivity contribution in [2.45, 2.75) is 39.0 Å². The Balaban J connectivity index is 3.03. The van der Waals surface area contributed by atoms with Crippen molar-refractivity contribution in [3.05, 3.63) is 12.8 Å². The number of carbonyl (C=O) groups excluding carboxylic acids is 1. The van der Waals surface area contributed by atoms with Crippen molar-refractivity contribution in [2.24, 2.45) is 0 Å². The molecule has 0 spiro atoms. The van der Waals surface area contributed by atoms with E-state index in [4.69, 9.17) is 14.2 Å². The molecule has 0 aromatic carbocycles. The molecule has 0 radical (unpaired) electrons. The van der Waals surface area contributed by atoms with Gasteiger partial charge in [-0.15, -0.1) is 0 Å². The second-order valence-electron chi connectivity index (χ2n) is 3.62. The maximum atomic E-state index is 11.0. The molecule has 17 heavy (non-hydrogen) atoms. The molecule has 4 nitrogen and oxygen atoms in total. The third kappa shape index (κ3) is 12.9. The number of ether oxygens (including phenoxy) is 3. The smallest absolute Gasteiger partial charge is 0.305 e. The van der Waals surface area contributed by atoms with Crippen LogP contribution in [-0.2, 0) is 19.0 Å². The zero-order chi connectivity index (χ0) is 12.8. The molecule has 0 heterocycles. The summed E-state index contributed by atoms with van der Waals surface area (Å²) in [6.07, 6.45) is 6.00. The van der Waals surface area contributed by atoms with Crippen molar-refractivity contribution in [3.8, 4) is 0 Å². The lowest BCUT2D eigenvalue weighted by Gasteiger charge is -2.04. The molecule has 0 aliphatic rings. The normalized spacial score (nSPS) is 9.94. The number of unbranched alkanes of at least 4 members (excludes halogenated alkanes) is 3. The first-order valence-corrected chi connectivity index (χ1v) is 6.27. The molecular weight excluding hydrogens is 220 g/mol. The molecule has 0 unspecified atom stereocenters. The van der Waals surface area contributed by atoms with Crippen molar-refractivity contribution < 1.29 is 19.0 Å². The maximum absolute atomic E-state index is 11.0. The van der Waals surface area contributed by atoms with E-state index in [1.54, 1.807) is 0 Å². The summed E-state index contributed by atoms with van der Waals surface area (Å²) in [6, 6.07) is 0. The molecule has 0 aromatic rings. The van der Waals surface area contributed by atoms with E-state index < -0.39 is 0 Å². The summed E-state index contributed by atoms with van der Waals surface area (Å²) < 4.78 is 15.1. The van der Waals surface area contributed by atoms with Crippen LogP contribution in [0, 0.1) is 0 Å². The SMILES string of the molecule is C=COCCOCCCCCCC(=O)OCC. The minimum Gasteiger partial charge on any atom is -0.499 e. The van der Waals surface area contributed by atoms with Gasteiger partial charge in [0.05, 0.1) is 19.5 Å². The Morgan fingerprint density at radius 1 is 1.12 bits per heavy atom. The molecule has 0 aromatic heterocycles. The highest BCUT2D eigenvalue weighted by atomic mass is 16.5. The molecule has 0 bridgehead atoms. The predicted octanol–water partition coefficient (Wildman–Crippen LogP) is 2.68. The summed E-state index contributed by atoms with van der Waals surface area (Å²) >= 11 is 0. The molecular formula is C13H24O4. The standard InChI is InChI=1S/C13H24O4/c1-3-15-11-12-16-10-8-6-5-7-9-13(14)17-4-2/h3H,1,4-12H2,2H3. The summed E-state index contributed by atoms with van der Waals surface area (Å²) in [5.74, 6) is -0.0923. The summed E-state index contributed by atoms with van der Waals surface area (Å²) in [5.41, 5.74) is 0. The molecule has 0 saturated carbocycles. The Morgan fingerprint density at radius 3 is 2.59 bits per heavy atom. The lowest BCUT2D eigenvalue weighted by Crippen LogP contribution is -2.04. The number of carbonyl (C=O) groups is 1. The Labute approximate surface area is 104 Å². The third-order valence-electron chi connectivity index (χ3n) is 2.19. The monoisotopic (exact) mass is 244 g/mol. The fourth-order valence-electron chi connectivity index (χ4n) is 1.35. The largest absolute Gasteiger partial charge is 0.499 e. The van der Waals surface area contributed by atoms with Crippen LogP contribution >= 0.6 is 0 Å². The number of hydrogen-bond donors (Lipinski definition) is 0. The van der Waals surface area contributed by atoms with Gasteiger partial charge in [-0.25, -0.2) is 0 Å². The van der Waals surface area contributed by atoms with Crippen molar-refractivity contribution in [3.63, 3.8) is 0 Å². The van der Waals surface area contributed by atoms with E-state index in [1.165, 1.54) is 6.26 Å². The Hall–Kier alpha value is -1.03. The van der Waals surface area contributed by atoms with Crippen LogP contribution in [0.15, 0.2) is 12.8 Å². The number of rotatable bonds is 12. The highest BCUT2D eigenvalue weighted by molar-refractivity contribution is 5.69. The molecule has 0 fully saturated rings. The molecule has 4 heteroatoms. The van der Waals surface area contributed by atoms with E-state index in [2.05, 4.69) is 6.58 Å². The van der Waals surface area contributed by atoms with Gasteiger partial charge in [-0.1, -0.05) is 19.4 Å². The van der Waals surface area contributed by atoms with E-state index in [0.29, 0.717) is 26.2 Å². The summed E-state index contributed by atoms with van der Waals surface area (Å²) in [7, 11) is 0. The summed E-state index contributed by atoms with van der Waals surface area (Å²) in [5, 5.41) is 0. The van der Waals surface area contributed by atoms with Crippen molar-refractivity contribution in [1.29, 1.82) is 0 Å². The van der Waals surface area contributed by atoms with Crippen LogP contribution in [0.1, 0.15) is 39.0 Å². The molecule has 100 valence electrons. The van der Waals surface area contributed by atoms with E-state index in [1.807, 2.05) is 6.92 Å². The zero-order valence-electron chi connectivity index (χ0n) is 10.8. The van der Waals surface area contributed by atoms with Crippen LogP contribution in [-0.4, -0.2) is 32.4 Å². The van der Waals surface area contributed by atoms with Gasteiger partial charge in [-0.05, 0) is 19.8 Å². The minimum absolute atomic E-state index is 0.0923. The fourth-order valence-corrected chi connectivity index (χ4v) is 1.35. The average molecular weight is 244 g/mol. The van der Waals surface area contributed by atoms with Crippen LogP contribution in [0.25, 0.3) is 0 Å². The van der Waals surface area contributed by atoms with Gasteiger partial charge in [0.2, 0.25) is 0 Å². The van der Waals surface area contributed by atoms with E-state index in [-0.39, 0.29) is 5.97 Å². The number of esters is 1. The first-order chi connectivity index (χ1) is 8.31. The molecule has 0 rings (SSSR count). The topological polar surface area (TPSA) is 44.8 Å². The molecule has 0 aliphatic carbocycles. The second-order valence-corrected chi connectivity index (χ2v) is 3.62. The summed E-state index contributed by atoms with van der Waals surface area (Å²) in [6.45, 7) is 7.65. The van der Waals surface area contributed by atoms with Crippen LogP contribution in [0.2, 0.25) is 0 Å². The first-order valence-electron chi connectivity index (χ1n) is 6.27. The van der Waals surface area contributed by atoms with Gasteiger partial charge in [-0.2, -0.15) is 0 Å². The molecule has 0 saturated heterocycles. The quantitative estimate of drug-likeness (QED) is 0.301. The summed E-state index contributed by atoms with van der Waals surface area (Å²) in [4.78, 5) is 11.0. The molecule has 0 atom stereocenters. The fraction of sp³-hybridized carbons (Fsp3) is 0.769. The van der Waals surface area contributed by atoms with Gasteiger partial charge in [0.1, 0.15) is 6.61 Å². The molecule has 0 amide bonds. The second kappa shape index (κ2) is 13.0. The average Bonchev–Trinajstić information content (AvgIpc) is 2.32. The van der Waals surface area contributed by atoms with Crippen molar-refractivity contribution in [2.75, 3.05) is 26.4 Å². The van der Waals surface area contributed by atoms with Crippen LogP contribution in [0.4, 0.5) is 0 Å². The van der Waals surface area contributed by atoms with E-state index in [9.17, 15) is 4.79 Å². The zero-order valence-corrected chi connectivity index (χ0v) is 10.8. The molecule has 0 aliphatic heterocycles. The van der Waals surface area contributed by atoms with Gasteiger partial charge >= 0.3 is 5.97 Å². The van der Waals surface area contributed by atoms with Gasteiger partial charge in [0.25, 0.3) is 0 Å². The predicted molar refractivity (Wildman–Crippen MR) is 66.7 cm³/mol. The number of hydrogen-bond acceptors (Lipinski definition) is 4. The van der Waals surface area contributed by atoms with Crippen LogP contribution < -0.4 is 0 Å². The van der Waals surface area contributed by atoms with Crippen molar-refractivity contribution in [1.82, 2.24) is 0 Å². The lowest BCUT2D eigenvalue weighted by atomic mass is 10.1. The van der Waals surface area contributed by atoms with Crippen LogP contribution in [0.5, 0.6) is 0 Å². The molecule has 0 N–H and O–H groups in total. The minimum atomic E-state index is -0.0923. The van der Waals surface area contributed by atoms with Gasteiger partial charge in [-0.3, -0.25) is 4.79 Å². The highest BCUT2D eigenvalue weighted by Gasteiger charge is 2.00. The van der Waals surface area contributed by atoms with Gasteiger partial charge < -0.3 is 14.2 Å². The van der Waals surface area contributed by atoms with Crippen molar-refractivity contribution >= 4 is 5.97 Å². The van der Waals surface area contributed by atoms with Gasteiger partial charge in [0, 0.05) is 13.0 Å². The van der Waals surface area contributed by atoms with E-state index in [0.717, 1.165) is 32.3 Å². The third-order valence-corrected chi connectivity index (χ3v) is 2.19. The first kappa shape index (κ1) is 16.0. The lowest BCUT2D eigenvalue weighted by molar-refractivity contribution is -0.143. The van der Waals surface area contributed by atoms with Gasteiger partial charge in [0.15, 0.2) is 0 Å². The van der Waals surface area contributed by atoms with Crippen LogP contribution in [0.3, 0.4) is 0 Å². The maximum Gasteiger partial charge on any atom is 0.305 e. The van der Waals surface area contributed by atoms with E-state index >= 15 is 0 Å². The highest BCUT2D eigenvalue weighted by Crippen LogP contribution is 2.04.